The van der Waals surface area contributed by atoms with E-state index < -0.39 is 0 Å². The summed E-state index contributed by atoms with van der Waals surface area (Å²) in [7, 11) is 5.12. The average Bonchev–Trinajstić information content (AvgIpc) is 2.45. The molecule has 1 aromatic heterocycles. The topological polar surface area (TPSA) is 64.2 Å². The van der Waals surface area contributed by atoms with Crippen LogP contribution in [-0.2, 0) is 7.05 Å². The van der Waals surface area contributed by atoms with Crippen molar-refractivity contribution in [2.24, 2.45) is 12.2 Å². The van der Waals surface area contributed by atoms with Crippen molar-refractivity contribution in [3.8, 4) is 0 Å². The fourth-order valence-corrected chi connectivity index (χ4v) is 1.28. The van der Waals surface area contributed by atoms with Gasteiger partial charge in [0.2, 0.25) is 0 Å². The van der Waals surface area contributed by atoms with Crippen LogP contribution in [0.2, 0.25) is 0 Å². The van der Waals surface area contributed by atoms with E-state index in [0.29, 0.717) is 10.7 Å². The van der Waals surface area contributed by atoms with Gasteiger partial charge < -0.3 is 4.90 Å². The van der Waals surface area contributed by atoms with Gasteiger partial charge in [0.05, 0.1) is 0 Å². The molecule has 5 nitrogen and oxygen atoms in total. The number of nitrogens with zero attached hydrogens (tertiary/aromatic N) is 3. The van der Waals surface area contributed by atoms with Gasteiger partial charge in [-0.2, -0.15) is 5.10 Å². The molecule has 0 unspecified atom stereocenters. The van der Waals surface area contributed by atoms with Gasteiger partial charge in [-0.25, -0.2) is 0 Å². The first-order valence-corrected chi connectivity index (χ1v) is 4.56. The predicted molar refractivity (Wildman–Crippen MR) is 51.3 cm³/mol. The fraction of sp³-hybridized carbons (Fsp3) is 0.429. The van der Waals surface area contributed by atoms with Crippen LogP contribution in [0.3, 0.4) is 0 Å². The minimum Gasteiger partial charge on any atom is -0.343 e. The summed E-state index contributed by atoms with van der Waals surface area (Å²) in [4.78, 5) is 13.0. The van der Waals surface area contributed by atoms with Crippen LogP contribution in [0.1, 0.15) is 10.5 Å². The summed E-state index contributed by atoms with van der Waals surface area (Å²) in [6.07, 6.45) is 0. The second-order valence-corrected chi connectivity index (χ2v) is 3.46. The first-order chi connectivity index (χ1) is 6.06. The van der Waals surface area contributed by atoms with E-state index in [4.69, 9.17) is 5.14 Å². The van der Waals surface area contributed by atoms with E-state index in [1.54, 1.807) is 27.2 Å². The van der Waals surface area contributed by atoms with Gasteiger partial charge in [0, 0.05) is 27.2 Å². The minimum atomic E-state index is -0.0738. The highest BCUT2D eigenvalue weighted by Crippen LogP contribution is 2.12. The van der Waals surface area contributed by atoms with Crippen molar-refractivity contribution in [1.82, 2.24) is 14.7 Å². The van der Waals surface area contributed by atoms with E-state index in [1.807, 2.05) is 0 Å². The number of rotatable bonds is 2. The van der Waals surface area contributed by atoms with Crippen LogP contribution >= 0.6 is 11.9 Å². The van der Waals surface area contributed by atoms with Gasteiger partial charge in [-0.05, 0) is 11.9 Å². The molecule has 1 amide bonds. The minimum absolute atomic E-state index is 0.0738. The van der Waals surface area contributed by atoms with Crippen molar-refractivity contribution < 1.29 is 4.79 Å². The number of carbonyl (C=O) groups excluding carboxylic acids is 1. The Labute approximate surface area is 81.0 Å². The van der Waals surface area contributed by atoms with Crippen molar-refractivity contribution >= 4 is 17.9 Å². The number of hydrogen-bond acceptors (Lipinski definition) is 4. The maximum Gasteiger partial charge on any atom is 0.271 e. The Morgan fingerprint density at radius 3 is 2.69 bits per heavy atom. The van der Waals surface area contributed by atoms with Gasteiger partial charge in [-0.15, -0.1) is 0 Å². The summed E-state index contributed by atoms with van der Waals surface area (Å²) >= 11 is 1.03. The zero-order valence-corrected chi connectivity index (χ0v) is 8.63. The summed E-state index contributed by atoms with van der Waals surface area (Å²) < 4.78 is 1.53. The van der Waals surface area contributed by atoms with Crippen molar-refractivity contribution in [2.45, 2.75) is 5.03 Å². The van der Waals surface area contributed by atoms with Crippen LogP contribution in [0.4, 0.5) is 0 Å². The number of nitrogens with two attached hydrogens (primary N) is 1. The van der Waals surface area contributed by atoms with E-state index in [0.717, 1.165) is 11.9 Å². The highest BCUT2D eigenvalue weighted by Gasteiger charge is 2.14. The van der Waals surface area contributed by atoms with Gasteiger partial charge >= 0.3 is 0 Å². The van der Waals surface area contributed by atoms with Crippen LogP contribution < -0.4 is 5.14 Å². The molecule has 0 aliphatic rings. The van der Waals surface area contributed by atoms with Gasteiger partial charge in [-0.3, -0.25) is 14.6 Å². The fourth-order valence-electron chi connectivity index (χ4n) is 0.928. The second-order valence-electron chi connectivity index (χ2n) is 2.81. The van der Waals surface area contributed by atoms with Gasteiger partial charge in [0.1, 0.15) is 10.7 Å². The second kappa shape index (κ2) is 3.80. The molecule has 1 rings (SSSR count). The first kappa shape index (κ1) is 10.1. The van der Waals surface area contributed by atoms with Gasteiger partial charge in [-0.1, -0.05) is 0 Å². The van der Waals surface area contributed by atoms with Crippen LogP contribution in [-0.4, -0.2) is 34.7 Å². The van der Waals surface area contributed by atoms with Crippen molar-refractivity contribution in [3.05, 3.63) is 11.8 Å². The smallest absolute Gasteiger partial charge is 0.271 e. The Balaban J connectivity index is 3.00. The number of aromatic nitrogens is 2. The number of amides is 1. The maximum atomic E-state index is 11.5. The highest BCUT2D eigenvalue weighted by molar-refractivity contribution is 7.97. The molecule has 0 fully saturated rings. The van der Waals surface area contributed by atoms with Gasteiger partial charge in [0.25, 0.3) is 5.91 Å². The van der Waals surface area contributed by atoms with E-state index >= 15 is 0 Å². The molecule has 0 saturated heterocycles. The summed E-state index contributed by atoms with van der Waals surface area (Å²) in [5.74, 6) is -0.0738. The molecule has 0 bridgehead atoms. The lowest BCUT2D eigenvalue weighted by atomic mass is 10.4. The Morgan fingerprint density at radius 2 is 2.31 bits per heavy atom. The summed E-state index contributed by atoms with van der Waals surface area (Å²) in [5.41, 5.74) is 0.540. The molecule has 6 heteroatoms. The normalized spacial score (nSPS) is 10.2. The first-order valence-electron chi connectivity index (χ1n) is 3.68. The molecule has 1 aromatic rings. The third-order valence-electron chi connectivity index (χ3n) is 1.60. The van der Waals surface area contributed by atoms with Crippen molar-refractivity contribution in [2.75, 3.05) is 14.1 Å². The van der Waals surface area contributed by atoms with E-state index in [-0.39, 0.29) is 5.91 Å². The molecule has 0 aromatic carbocycles. The van der Waals surface area contributed by atoms with Crippen LogP contribution in [0.5, 0.6) is 0 Å². The SMILES string of the molecule is CN(C)C(=O)c1cc(SN)nn1C. The third-order valence-corrected chi connectivity index (χ3v) is 2.04. The third kappa shape index (κ3) is 2.02. The van der Waals surface area contributed by atoms with E-state index in [1.165, 1.54) is 9.58 Å². The lowest BCUT2D eigenvalue weighted by Gasteiger charge is -2.09. The molecule has 0 atom stereocenters. The standard InChI is InChI=1S/C7H12N4OS/c1-10(2)7(12)5-4-6(13-8)9-11(5)3/h4H,8H2,1-3H3. The Hall–Kier alpha value is -1.01. The van der Waals surface area contributed by atoms with Crippen LogP contribution in [0, 0.1) is 0 Å². The van der Waals surface area contributed by atoms with Crippen molar-refractivity contribution in [1.29, 1.82) is 0 Å². The number of hydrogen-bond donors (Lipinski definition) is 1. The molecular weight excluding hydrogens is 188 g/mol. The molecule has 0 aliphatic heterocycles. The Morgan fingerprint density at radius 1 is 1.69 bits per heavy atom. The highest BCUT2D eigenvalue weighted by atomic mass is 32.2. The molecule has 2 N–H and O–H groups in total. The van der Waals surface area contributed by atoms with Crippen LogP contribution in [0.25, 0.3) is 0 Å². The quantitative estimate of drug-likeness (QED) is 0.687. The summed E-state index contributed by atoms with van der Waals surface area (Å²) in [6, 6.07) is 1.67. The molecule has 0 spiro atoms. The summed E-state index contributed by atoms with van der Waals surface area (Å²) in [6.45, 7) is 0. The Bertz CT molecular complexity index is 320. The predicted octanol–water partition coefficient (Wildman–Crippen LogP) is 0.0877. The monoisotopic (exact) mass is 200 g/mol. The largest absolute Gasteiger partial charge is 0.343 e. The van der Waals surface area contributed by atoms with Gasteiger partial charge in [0.15, 0.2) is 0 Å². The lowest BCUT2D eigenvalue weighted by molar-refractivity contribution is 0.0817. The molecule has 0 saturated carbocycles. The molecule has 0 radical (unpaired) electrons. The average molecular weight is 200 g/mol. The molecule has 0 aliphatic carbocycles. The summed E-state index contributed by atoms with van der Waals surface area (Å²) in [5, 5.41) is 10.0. The molecule has 72 valence electrons. The lowest BCUT2D eigenvalue weighted by Crippen LogP contribution is -2.24. The van der Waals surface area contributed by atoms with E-state index in [2.05, 4.69) is 5.10 Å². The van der Waals surface area contributed by atoms with E-state index in [9.17, 15) is 4.79 Å². The molecular formula is C7H12N4OS. The van der Waals surface area contributed by atoms with Crippen molar-refractivity contribution in [3.63, 3.8) is 0 Å². The zero-order chi connectivity index (χ0) is 10.0. The molecule has 1 heterocycles. The Kier molecular flexibility index (Phi) is 2.94. The zero-order valence-electron chi connectivity index (χ0n) is 7.81. The van der Waals surface area contributed by atoms with Crippen LogP contribution in [0.15, 0.2) is 11.1 Å². The number of carbonyl (C=O) groups is 1. The maximum absolute atomic E-state index is 11.5. The molecule has 13 heavy (non-hydrogen) atoms. The number of aryl methyl sites for hydroxylation is 1.